The van der Waals surface area contributed by atoms with Crippen molar-refractivity contribution in [3.05, 3.63) is 0 Å². The van der Waals surface area contributed by atoms with Gasteiger partial charge in [0.15, 0.2) is 0 Å². The minimum atomic E-state index is -0.961. The van der Waals surface area contributed by atoms with Crippen LogP contribution in [0.25, 0.3) is 0 Å². The van der Waals surface area contributed by atoms with Gasteiger partial charge in [0.25, 0.3) is 0 Å². The Bertz CT molecular complexity index is 283. The monoisotopic (exact) mass is 445 g/mol. The van der Waals surface area contributed by atoms with E-state index in [2.05, 4.69) is 27.7 Å². The second-order valence-corrected chi connectivity index (χ2v) is 15.2. The molecule has 0 rings (SSSR count). The molecule has 0 aromatic carbocycles. The largest absolute Gasteiger partial charge is 0.344 e. The van der Waals surface area contributed by atoms with Gasteiger partial charge in [0, 0.05) is 0 Å². The van der Waals surface area contributed by atoms with Crippen molar-refractivity contribution in [3.63, 3.8) is 0 Å². The summed E-state index contributed by atoms with van der Waals surface area (Å²) in [5.41, 5.74) is 0. The average molecular weight is 446 g/mol. The molecule has 0 atom stereocenters. The first kappa shape index (κ1) is 32.6. The van der Waals surface area contributed by atoms with E-state index in [0.29, 0.717) is 0 Å². The summed E-state index contributed by atoms with van der Waals surface area (Å²) in [6.07, 6.45) is 36.2. The van der Waals surface area contributed by atoms with Crippen molar-refractivity contribution in [2.75, 3.05) is 24.6 Å². The Balaban J connectivity index is 0. The van der Waals surface area contributed by atoms with Crippen LogP contribution in [0.2, 0.25) is 0 Å². The first-order valence-electron chi connectivity index (χ1n) is 14.2. The van der Waals surface area contributed by atoms with Crippen molar-refractivity contribution in [1.82, 2.24) is 6.15 Å². The molecule has 0 radical (unpaired) electrons. The first-order valence-corrected chi connectivity index (χ1v) is 17.1. The third kappa shape index (κ3) is 20.3. The minimum Gasteiger partial charge on any atom is -0.344 e. The van der Waals surface area contributed by atoms with E-state index in [4.69, 9.17) is 0 Å². The molecule has 0 aliphatic heterocycles. The first-order chi connectivity index (χ1) is 14.2. The van der Waals surface area contributed by atoms with E-state index >= 15 is 0 Å². The maximum absolute atomic E-state index is 2.39. The Kier molecular flexibility index (Phi) is 27.8. The summed E-state index contributed by atoms with van der Waals surface area (Å²) >= 11 is 0. The van der Waals surface area contributed by atoms with E-state index in [1.165, 1.54) is 122 Å². The summed E-state index contributed by atoms with van der Waals surface area (Å²) in [5.74, 6) is 0. The summed E-state index contributed by atoms with van der Waals surface area (Å²) < 4.78 is 0. The Hall–Kier alpha value is 0.390. The van der Waals surface area contributed by atoms with Crippen molar-refractivity contribution < 1.29 is 0 Å². The number of hydrogen-bond donors (Lipinski definition) is 1. The molecule has 3 N–H and O–H groups in total. The number of hydrogen-bond acceptors (Lipinski definition) is 1. The fourth-order valence-corrected chi connectivity index (χ4v) is 10.9. The zero-order valence-electron chi connectivity index (χ0n) is 22.2. The zero-order valence-corrected chi connectivity index (χ0v) is 23.2. The van der Waals surface area contributed by atoms with Gasteiger partial charge in [-0.2, -0.15) is 0 Å². The van der Waals surface area contributed by atoms with Gasteiger partial charge >= 0.3 is 162 Å². The van der Waals surface area contributed by atoms with E-state index in [1.807, 2.05) is 0 Å². The van der Waals surface area contributed by atoms with Crippen molar-refractivity contribution in [2.45, 2.75) is 156 Å². The van der Waals surface area contributed by atoms with E-state index in [-0.39, 0.29) is 6.15 Å². The second-order valence-electron chi connectivity index (χ2n) is 10.2. The molecule has 0 aliphatic carbocycles. The molecule has 0 fully saturated rings. The van der Waals surface area contributed by atoms with Crippen LogP contribution in [0.4, 0.5) is 0 Å². The van der Waals surface area contributed by atoms with E-state index in [1.54, 1.807) is 31.1 Å². The summed E-state index contributed by atoms with van der Waals surface area (Å²) in [4.78, 5) is 0. The standard InChI is InChI=1S/C28H61P.H3N/c1-5-9-13-14-15-16-17-18-19-20-21-22-23-24-28-29(25-10-6-2,26-11-7-3)27-12-8-4;/h29H,5-28H2,1-4H3;1H3. The third-order valence-corrected chi connectivity index (χ3v) is 12.9. The molecule has 0 amide bonds. The third-order valence-electron chi connectivity index (χ3n) is 7.24. The molecule has 30 heavy (non-hydrogen) atoms. The Morgan fingerprint density at radius 2 is 0.533 bits per heavy atom. The smallest absolute Gasteiger partial charge is 0.344 e. The molecular weight excluding hydrogens is 381 g/mol. The Morgan fingerprint density at radius 1 is 0.300 bits per heavy atom. The van der Waals surface area contributed by atoms with Crippen LogP contribution in [0.15, 0.2) is 0 Å². The Labute approximate surface area is 194 Å². The normalized spacial score (nSPS) is 12.1. The summed E-state index contributed by atoms with van der Waals surface area (Å²) in [5, 5.41) is 0. The fraction of sp³-hybridized carbons (Fsp3) is 1.00. The van der Waals surface area contributed by atoms with E-state index in [0.717, 1.165) is 0 Å². The molecule has 0 spiro atoms. The van der Waals surface area contributed by atoms with Gasteiger partial charge < -0.3 is 6.15 Å². The van der Waals surface area contributed by atoms with Crippen molar-refractivity contribution in [3.8, 4) is 0 Å². The van der Waals surface area contributed by atoms with Crippen LogP contribution in [0.3, 0.4) is 0 Å². The maximum Gasteiger partial charge on any atom is -0.344 e. The van der Waals surface area contributed by atoms with Crippen molar-refractivity contribution >= 4 is 7.26 Å². The molecule has 0 aromatic heterocycles. The Morgan fingerprint density at radius 3 is 0.833 bits per heavy atom. The number of unbranched alkanes of at least 4 members (excludes halogenated alkanes) is 16. The SMILES string of the molecule is CCCCCCCCCCCCCCCC[PH](CCCC)(CCCC)CCCC.N. The molecule has 0 bridgehead atoms. The van der Waals surface area contributed by atoms with Gasteiger partial charge in [0.2, 0.25) is 0 Å². The number of rotatable bonds is 24. The second kappa shape index (κ2) is 25.6. The summed E-state index contributed by atoms with van der Waals surface area (Å²) in [6, 6.07) is 0. The topological polar surface area (TPSA) is 35.0 Å². The predicted molar refractivity (Wildman–Crippen MR) is 148 cm³/mol. The predicted octanol–water partition coefficient (Wildman–Crippen LogP) is 10.8. The molecular formula is C28H64NP. The van der Waals surface area contributed by atoms with Gasteiger partial charge in [-0.15, -0.1) is 0 Å². The van der Waals surface area contributed by atoms with Crippen LogP contribution in [0.1, 0.15) is 156 Å². The maximum atomic E-state index is 2.39. The fourth-order valence-electron chi connectivity index (χ4n) is 5.10. The summed E-state index contributed by atoms with van der Waals surface area (Å²) in [6.45, 7) is 9.49. The molecule has 1 nitrogen and oxygen atoms in total. The minimum absolute atomic E-state index is 0. The van der Waals surface area contributed by atoms with Crippen LogP contribution < -0.4 is 6.15 Å². The van der Waals surface area contributed by atoms with Gasteiger partial charge in [-0.3, -0.25) is 0 Å². The van der Waals surface area contributed by atoms with E-state index < -0.39 is 7.26 Å². The van der Waals surface area contributed by atoms with Crippen LogP contribution in [0.5, 0.6) is 0 Å². The van der Waals surface area contributed by atoms with Crippen LogP contribution in [-0.4, -0.2) is 24.6 Å². The summed E-state index contributed by atoms with van der Waals surface area (Å²) in [7, 11) is -0.961. The van der Waals surface area contributed by atoms with E-state index in [9.17, 15) is 0 Å². The molecule has 0 saturated heterocycles. The quantitative estimate of drug-likeness (QED) is 0.116. The molecule has 186 valence electrons. The van der Waals surface area contributed by atoms with Gasteiger partial charge in [-0.05, 0) is 0 Å². The van der Waals surface area contributed by atoms with Crippen molar-refractivity contribution in [2.24, 2.45) is 0 Å². The van der Waals surface area contributed by atoms with Crippen LogP contribution in [-0.2, 0) is 0 Å². The van der Waals surface area contributed by atoms with Gasteiger partial charge in [-0.1, -0.05) is 26.2 Å². The van der Waals surface area contributed by atoms with Crippen LogP contribution in [0, 0.1) is 0 Å². The van der Waals surface area contributed by atoms with Gasteiger partial charge in [0.05, 0.1) is 0 Å². The van der Waals surface area contributed by atoms with Gasteiger partial charge in [-0.25, -0.2) is 0 Å². The van der Waals surface area contributed by atoms with Gasteiger partial charge in [0.1, 0.15) is 0 Å². The molecule has 0 aromatic rings. The molecule has 0 unspecified atom stereocenters. The molecule has 0 aliphatic rings. The zero-order chi connectivity index (χ0) is 21.5. The van der Waals surface area contributed by atoms with Crippen LogP contribution >= 0.6 is 7.26 Å². The molecule has 0 saturated carbocycles. The van der Waals surface area contributed by atoms with Crippen molar-refractivity contribution in [1.29, 1.82) is 0 Å². The molecule has 0 heterocycles. The molecule has 2 heteroatoms. The average Bonchev–Trinajstić information content (AvgIpc) is 2.74.